The quantitative estimate of drug-likeness (QED) is 0.678. The van der Waals surface area contributed by atoms with Gasteiger partial charge in [-0.1, -0.05) is 6.92 Å². The van der Waals surface area contributed by atoms with Gasteiger partial charge in [0, 0.05) is 25.2 Å². The molecule has 3 nitrogen and oxygen atoms in total. The van der Waals surface area contributed by atoms with Crippen LogP contribution in [0.4, 0.5) is 0 Å². The number of hydrogen-bond donors (Lipinski definition) is 1. The molecule has 0 amide bonds. The summed E-state index contributed by atoms with van der Waals surface area (Å²) in [7, 11) is 3.80. The van der Waals surface area contributed by atoms with Crippen LogP contribution in [-0.4, -0.2) is 43.8 Å². The van der Waals surface area contributed by atoms with Crippen molar-refractivity contribution < 1.29 is 4.74 Å². The number of methoxy groups -OCH3 is 1. The highest BCUT2D eigenvalue weighted by Gasteiger charge is 2.22. The van der Waals surface area contributed by atoms with Crippen molar-refractivity contribution in [2.75, 3.05) is 27.3 Å². The van der Waals surface area contributed by atoms with E-state index in [0.717, 1.165) is 13.0 Å². The fourth-order valence-corrected chi connectivity index (χ4v) is 1.14. The van der Waals surface area contributed by atoms with E-state index in [9.17, 15) is 0 Å². The van der Waals surface area contributed by atoms with Crippen LogP contribution in [0.1, 0.15) is 27.2 Å². The van der Waals surface area contributed by atoms with Crippen LogP contribution < -0.4 is 5.73 Å². The Morgan fingerprint density at radius 2 is 2.00 bits per heavy atom. The van der Waals surface area contributed by atoms with E-state index in [2.05, 4.69) is 32.7 Å². The van der Waals surface area contributed by atoms with Gasteiger partial charge in [0.2, 0.25) is 0 Å². The lowest BCUT2D eigenvalue weighted by atomic mass is 9.99. The third kappa shape index (κ3) is 4.60. The van der Waals surface area contributed by atoms with Gasteiger partial charge in [0.25, 0.3) is 0 Å². The third-order valence-corrected chi connectivity index (χ3v) is 2.79. The van der Waals surface area contributed by atoms with Gasteiger partial charge in [0.05, 0.1) is 6.61 Å². The van der Waals surface area contributed by atoms with Crippen molar-refractivity contribution in [3.63, 3.8) is 0 Å². The van der Waals surface area contributed by atoms with Gasteiger partial charge < -0.3 is 10.5 Å². The molecule has 0 aromatic rings. The van der Waals surface area contributed by atoms with Crippen LogP contribution in [-0.2, 0) is 4.74 Å². The van der Waals surface area contributed by atoms with Crippen LogP contribution in [0, 0.1) is 0 Å². The second-order valence-electron chi connectivity index (χ2n) is 4.26. The van der Waals surface area contributed by atoms with Gasteiger partial charge in [-0.15, -0.1) is 0 Å². The van der Waals surface area contributed by atoms with Crippen LogP contribution in [0.2, 0.25) is 0 Å². The number of rotatable bonds is 6. The molecule has 3 heteroatoms. The molecule has 2 N–H and O–H groups in total. The predicted octanol–water partition coefficient (Wildman–Crippen LogP) is 1.08. The van der Waals surface area contributed by atoms with Crippen molar-refractivity contribution in [3.05, 3.63) is 0 Å². The van der Waals surface area contributed by atoms with E-state index in [0.29, 0.717) is 6.61 Å². The van der Waals surface area contributed by atoms with Gasteiger partial charge in [-0.3, -0.25) is 4.90 Å². The fraction of sp³-hybridized carbons (Fsp3) is 1.00. The molecule has 0 fully saturated rings. The summed E-state index contributed by atoms with van der Waals surface area (Å²) in [4.78, 5) is 2.29. The summed E-state index contributed by atoms with van der Waals surface area (Å²) in [5.74, 6) is 0. The van der Waals surface area contributed by atoms with Gasteiger partial charge in [0.15, 0.2) is 0 Å². The zero-order chi connectivity index (χ0) is 10.5. The van der Waals surface area contributed by atoms with Gasteiger partial charge in [0.1, 0.15) is 0 Å². The minimum absolute atomic E-state index is 0.112. The van der Waals surface area contributed by atoms with Gasteiger partial charge in [-0.05, 0) is 27.3 Å². The molecule has 0 heterocycles. The average Bonchev–Trinajstić information content (AvgIpc) is 2.04. The molecule has 1 atom stereocenters. The van der Waals surface area contributed by atoms with Crippen molar-refractivity contribution in [2.24, 2.45) is 5.73 Å². The predicted molar refractivity (Wildman–Crippen MR) is 56.9 cm³/mol. The van der Waals surface area contributed by atoms with Gasteiger partial charge in [-0.2, -0.15) is 0 Å². The first-order valence-electron chi connectivity index (χ1n) is 4.89. The lowest BCUT2D eigenvalue weighted by Crippen LogP contribution is -2.47. The molecule has 13 heavy (non-hydrogen) atoms. The zero-order valence-electron chi connectivity index (χ0n) is 9.63. The number of nitrogens with two attached hydrogens (primary N) is 1. The highest BCUT2D eigenvalue weighted by Crippen LogP contribution is 2.15. The van der Waals surface area contributed by atoms with Crippen molar-refractivity contribution in [1.29, 1.82) is 0 Å². The average molecular weight is 188 g/mol. The van der Waals surface area contributed by atoms with Crippen molar-refractivity contribution in [2.45, 2.75) is 38.8 Å². The molecule has 1 unspecified atom stereocenters. The van der Waals surface area contributed by atoms with Crippen LogP contribution in [0.3, 0.4) is 0 Å². The number of ether oxygens (including phenoxy) is 1. The minimum atomic E-state index is 0.112. The number of hydrogen-bond acceptors (Lipinski definition) is 3. The molecule has 80 valence electrons. The topological polar surface area (TPSA) is 38.5 Å². The van der Waals surface area contributed by atoms with E-state index < -0.39 is 0 Å². The first kappa shape index (κ1) is 12.9. The van der Waals surface area contributed by atoms with E-state index in [4.69, 9.17) is 10.5 Å². The Bertz CT molecular complexity index is 137. The zero-order valence-corrected chi connectivity index (χ0v) is 9.63. The minimum Gasteiger partial charge on any atom is -0.383 e. The largest absolute Gasteiger partial charge is 0.383 e. The molecule has 0 aliphatic heterocycles. The molecule has 0 bridgehead atoms. The molecule has 0 radical (unpaired) electrons. The Morgan fingerprint density at radius 1 is 1.46 bits per heavy atom. The summed E-state index contributed by atoms with van der Waals surface area (Å²) in [5.41, 5.74) is 6.10. The number of likely N-dealkylation sites (N-methyl/N-ethyl adjacent to an activating group) is 1. The smallest absolute Gasteiger partial charge is 0.0626 e. The lowest BCUT2D eigenvalue weighted by molar-refractivity contribution is 0.111. The van der Waals surface area contributed by atoms with E-state index in [1.165, 1.54) is 0 Å². The molecule has 0 saturated heterocycles. The summed E-state index contributed by atoms with van der Waals surface area (Å²) in [5, 5.41) is 0. The van der Waals surface area contributed by atoms with Crippen molar-refractivity contribution in [1.82, 2.24) is 4.90 Å². The SMILES string of the molecule is CCC(C)(C)N(C)CC(N)COC. The molecule has 0 rings (SSSR count). The molecule has 0 aromatic heterocycles. The highest BCUT2D eigenvalue weighted by molar-refractivity contribution is 4.80. The van der Waals surface area contributed by atoms with E-state index >= 15 is 0 Å². The Hall–Kier alpha value is -0.120. The first-order valence-corrected chi connectivity index (χ1v) is 4.89. The van der Waals surface area contributed by atoms with Crippen LogP contribution in [0.25, 0.3) is 0 Å². The second kappa shape index (κ2) is 5.58. The van der Waals surface area contributed by atoms with Crippen molar-refractivity contribution in [3.8, 4) is 0 Å². The van der Waals surface area contributed by atoms with E-state index in [1.54, 1.807) is 7.11 Å². The maximum atomic E-state index is 5.87. The summed E-state index contributed by atoms with van der Waals surface area (Å²) < 4.78 is 5.00. The monoisotopic (exact) mass is 188 g/mol. The number of nitrogens with zero attached hydrogens (tertiary/aromatic N) is 1. The van der Waals surface area contributed by atoms with Gasteiger partial charge in [-0.25, -0.2) is 0 Å². The standard InChI is InChI=1S/C10H24N2O/c1-6-10(2,3)12(4)7-9(11)8-13-5/h9H,6-8,11H2,1-5H3. The molecule has 0 aromatic carbocycles. The maximum absolute atomic E-state index is 5.87. The van der Waals surface area contributed by atoms with Gasteiger partial charge >= 0.3 is 0 Å². The molecular formula is C10H24N2O. The fourth-order valence-electron chi connectivity index (χ4n) is 1.14. The van der Waals surface area contributed by atoms with E-state index in [1.807, 2.05) is 0 Å². The first-order chi connectivity index (χ1) is 5.94. The van der Waals surface area contributed by atoms with Crippen molar-refractivity contribution >= 4 is 0 Å². The Morgan fingerprint density at radius 3 is 2.38 bits per heavy atom. The molecule has 0 saturated carbocycles. The van der Waals surface area contributed by atoms with Crippen LogP contribution in [0.15, 0.2) is 0 Å². The Kier molecular flexibility index (Phi) is 5.53. The van der Waals surface area contributed by atoms with E-state index in [-0.39, 0.29) is 11.6 Å². The lowest BCUT2D eigenvalue weighted by Gasteiger charge is -2.36. The summed E-state index contributed by atoms with van der Waals surface area (Å²) >= 11 is 0. The highest BCUT2D eigenvalue weighted by atomic mass is 16.5. The summed E-state index contributed by atoms with van der Waals surface area (Å²) in [6, 6.07) is 0.112. The molecule has 0 aliphatic rings. The van der Waals surface area contributed by atoms with Crippen LogP contribution in [0.5, 0.6) is 0 Å². The normalized spacial score (nSPS) is 15.0. The molecule has 0 spiro atoms. The third-order valence-electron chi connectivity index (χ3n) is 2.79. The maximum Gasteiger partial charge on any atom is 0.0626 e. The Balaban J connectivity index is 3.91. The van der Waals surface area contributed by atoms with Crippen LogP contribution >= 0.6 is 0 Å². The summed E-state index contributed by atoms with van der Waals surface area (Å²) in [6.07, 6.45) is 1.13. The Labute approximate surface area is 82.2 Å². The second-order valence-corrected chi connectivity index (χ2v) is 4.26. The molecular weight excluding hydrogens is 164 g/mol. The molecule has 0 aliphatic carbocycles. The summed E-state index contributed by atoms with van der Waals surface area (Å²) in [6.45, 7) is 8.16.